The Morgan fingerprint density at radius 2 is 2.12 bits per heavy atom. The largest absolute Gasteiger partial charge is 0.474 e. The van der Waals surface area contributed by atoms with Gasteiger partial charge in [0.25, 0.3) is 0 Å². The maximum atomic E-state index is 5.93. The van der Waals surface area contributed by atoms with Crippen molar-refractivity contribution in [1.82, 2.24) is 4.98 Å². The SMILES string of the molecule is CCCC(C)Oc1nc(C)cc(C)c1CCl. The second-order valence-corrected chi connectivity index (χ2v) is 4.48. The van der Waals surface area contributed by atoms with Crippen LogP contribution in [0.25, 0.3) is 0 Å². The van der Waals surface area contributed by atoms with Gasteiger partial charge in [-0.3, -0.25) is 0 Å². The van der Waals surface area contributed by atoms with Gasteiger partial charge in [-0.25, -0.2) is 4.98 Å². The summed E-state index contributed by atoms with van der Waals surface area (Å²) in [7, 11) is 0. The molecule has 0 saturated heterocycles. The molecule has 0 amide bonds. The Labute approximate surface area is 103 Å². The summed E-state index contributed by atoms with van der Waals surface area (Å²) in [5.74, 6) is 1.15. The van der Waals surface area contributed by atoms with Gasteiger partial charge in [-0.2, -0.15) is 0 Å². The molecule has 1 unspecified atom stereocenters. The zero-order chi connectivity index (χ0) is 12.1. The number of ether oxygens (including phenoxy) is 1. The number of nitrogens with zero attached hydrogens (tertiary/aromatic N) is 1. The fraction of sp³-hybridized carbons (Fsp3) is 0.615. The maximum absolute atomic E-state index is 5.93. The molecule has 0 radical (unpaired) electrons. The van der Waals surface area contributed by atoms with Crippen LogP contribution >= 0.6 is 11.6 Å². The lowest BCUT2D eigenvalue weighted by molar-refractivity contribution is 0.199. The molecule has 0 N–H and O–H groups in total. The van der Waals surface area contributed by atoms with Crippen molar-refractivity contribution in [3.8, 4) is 5.88 Å². The maximum Gasteiger partial charge on any atom is 0.218 e. The number of hydrogen-bond acceptors (Lipinski definition) is 2. The fourth-order valence-electron chi connectivity index (χ4n) is 1.75. The Morgan fingerprint density at radius 1 is 1.44 bits per heavy atom. The molecule has 3 heteroatoms. The van der Waals surface area contributed by atoms with Crippen molar-refractivity contribution in [3.63, 3.8) is 0 Å². The quantitative estimate of drug-likeness (QED) is 0.727. The van der Waals surface area contributed by atoms with Crippen LogP contribution in [-0.2, 0) is 5.88 Å². The molecule has 0 bridgehead atoms. The third-order valence-corrected chi connectivity index (χ3v) is 2.85. The standard InChI is InChI=1S/C13H20ClNO/c1-5-6-11(4)16-13-12(8-14)9(2)7-10(3)15-13/h7,11H,5-6,8H2,1-4H3. The van der Waals surface area contributed by atoms with Gasteiger partial charge in [0, 0.05) is 11.3 Å². The predicted octanol–water partition coefficient (Wildman–Crippen LogP) is 4.00. The highest BCUT2D eigenvalue weighted by molar-refractivity contribution is 6.17. The lowest BCUT2D eigenvalue weighted by Gasteiger charge is -2.17. The first-order chi connectivity index (χ1) is 7.58. The molecule has 90 valence electrons. The minimum absolute atomic E-state index is 0.195. The number of halogens is 1. The van der Waals surface area contributed by atoms with Crippen LogP contribution in [0.4, 0.5) is 0 Å². The monoisotopic (exact) mass is 241 g/mol. The second-order valence-electron chi connectivity index (χ2n) is 4.22. The lowest BCUT2D eigenvalue weighted by Crippen LogP contribution is -2.14. The van der Waals surface area contributed by atoms with Crippen LogP contribution < -0.4 is 4.74 Å². The first kappa shape index (κ1) is 13.3. The molecule has 1 aromatic rings. The van der Waals surface area contributed by atoms with E-state index in [9.17, 15) is 0 Å². The van der Waals surface area contributed by atoms with Gasteiger partial charge in [-0.15, -0.1) is 11.6 Å². The van der Waals surface area contributed by atoms with Gasteiger partial charge in [-0.05, 0) is 38.8 Å². The van der Waals surface area contributed by atoms with E-state index in [-0.39, 0.29) is 6.10 Å². The number of pyridine rings is 1. The van der Waals surface area contributed by atoms with Crippen molar-refractivity contribution in [2.75, 3.05) is 0 Å². The smallest absolute Gasteiger partial charge is 0.218 e. The summed E-state index contributed by atoms with van der Waals surface area (Å²) in [6, 6.07) is 2.04. The number of hydrogen-bond donors (Lipinski definition) is 0. The summed E-state index contributed by atoms with van der Waals surface area (Å²) in [4.78, 5) is 4.42. The van der Waals surface area contributed by atoms with Crippen molar-refractivity contribution in [2.45, 2.75) is 52.5 Å². The van der Waals surface area contributed by atoms with Crippen molar-refractivity contribution >= 4 is 11.6 Å². The molecule has 0 fully saturated rings. The van der Waals surface area contributed by atoms with Crippen LogP contribution in [0.5, 0.6) is 5.88 Å². The van der Waals surface area contributed by atoms with E-state index in [1.807, 2.05) is 19.9 Å². The molecule has 0 spiro atoms. The van der Waals surface area contributed by atoms with Gasteiger partial charge < -0.3 is 4.74 Å². The number of aryl methyl sites for hydroxylation is 2. The van der Waals surface area contributed by atoms with E-state index < -0.39 is 0 Å². The lowest BCUT2D eigenvalue weighted by atomic mass is 10.1. The third kappa shape index (κ3) is 3.38. The van der Waals surface area contributed by atoms with E-state index in [0.29, 0.717) is 11.8 Å². The number of alkyl halides is 1. The van der Waals surface area contributed by atoms with Crippen molar-refractivity contribution in [1.29, 1.82) is 0 Å². The average molecular weight is 242 g/mol. The number of rotatable bonds is 5. The summed E-state index contributed by atoms with van der Waals surface area (Å²) < 4.78 is 5.84. The molecule has 1 aromatic heterocycles. The van der Waals surface area contributed by atoms with Crippen molar-refractivity contribution < 1.29 is 4.74 Å². The van der Waals surface area contributed by atoms with E-state index in [0.717, 1.165) is 29.7 Å². The normalized spacial score (nSPS) is 12.6. The van der Waals surface area contributed by atoms with Crippen LogP contribution in [0.3, 0.4) is 0 Å². The van der Waals surface area contributed by atoms with E-state index in [2.05, 4.69) is 18.8 Å². The summed E-state index contributed by atoms with van der Waals surface area (Å²) in [5.41, 5.74) is 3.14. The van der Waals surface area contributed by atoms with Crippen molar-refractivity contribution in [3.05, 3.63) is 22.9 Å². The highest BCUT2D eigenvalue weighted by Crippen LogP contribution is 2.24. The zero-order valence-corrected chi connectivity index (χ0v) is 11.3. The third-order valence-electron chi connectivity index (χ3n) is 2.58. The first-order valence-electron chi connectivity index (χ1n) is 5.78. The molecule has 0 aliphatic rings. The molecule has 0 saturated carbocycles. The Hall–Kier alpha value is -0.760. The molecule has 0 aliphatic heterocycles. The number of aromatic nitrogens is 1. The highest BCUT2D eigenvalue weighted by Gasteiger charge is 2.12. The Kier molecular flexibility index (Phi) is 5.07. The average Bonchev–Trinajstić information content (AvgIpc) is 2.17. The predicted molar refractivity (Wildman–Crippen MR) is 68.3 cm³/mol. The van der Waals surface area contributed by atoms with E-state index in [4.69, 9.17) is 16.3 Å². The van der Waals surface area contributed by atoms with Gasteiger partial charge >= 0.3 is 0 Å². The summed E-state index contributed by atoms with van der Waals surface area (Å²) in [6.07, 6.45) is 2.35. The van der Waals surface area contributed by atoms with Gasteiger partial charge in [0.05, 0.1) is 12.0 Å². The zero-order valence-electron chi connectivity index (χ0n) is 10.5. The minimum atomic E-state index is 0.195. The fourth-order valence-corrected chi connectivity index (χ4v) is 2.07. The summed E-state index contributed by atoms with van der Waals surface area (Å²) in [6.45, 7) is 8.24. The van der Waals surface area contributed by atoms with Crippen LogP contribution in [0.2, 0.25) is 0 Å². The van der Waals surface area contributed by atoms with Crippen molar-refractivity contribution in [2.24, 2.45) is 0 Å². The Morgan fingerprint density at radius 3 is 2.69 bits per heavy atom. The van der Waals surface area contributed by atoms with Crippen LogP contribution in [0, 0.1) is 13.8 Å². The van der Waals surface area contributed by atoms with Gasteiger partial charge in [0.2, 0.25) is 5.88 Å². The Bertz CT molecular complexity index is 352. The molecule has 1 rings (SSSR count). The topological polar surface area (TPSA) is 22.1 Å². The van der Waals surface area contributed by atoms with E-state index in [1.165, 1.54) is 0 Å². The first-order valence-corrected chi connectivity index (χ1v) is 6.31. The molecule has 0 aliphatic carbocycles. The Balaban J connectivity index is 2.93. The van der Waals surface area contributed by atoms with Gasteiger partial charge in [-0.1, -0.05) is 13.3 Å². The van der Waals surface area contributed by atoms with E-state index in [1.54, 1.807) is 0 Å². The molecule has 0 aromatic carbocycles. The molecule has 16 heavy (non-hydrogen) atoms. The molecule has 1 heterocycles. The summed E-state index contributed by atoms with van der Waals surface area (Å²) >= 11 is 5.93. The van der Waals surface area contributed by atoms with Crippen LogP contribution in [0.1, 0.15) is 43.5 Å². The minimum Gasteiger partial charge on any atom is -0.474 e. The molecular weight excluding hydrogens is 222 g/mol. The van der Waals surface area contributed by atoms with Gasteiger partial charge in [0.15, 0.2) is 0 Å². The van der Waals surface area contributed by atoms with Crippen LogP contribution in [0.15, 0.2) is 6.07 Å². The van der Waals surface area contributed by atoms with E-state index >= 15 is 0 Å². The summed E-state index contributed by atoms with van der Waals surface area (Å²) in [5, 5.41) is 0. The molecule has 2 nitrogen and oxygen atoms in total. The highest BCUT2D eigenvalue weighted by atomic mass is 35.5. The van der Waals surface area contributed by atoms with Crippen LogP contribution in [-0.4, -0.2) is 11.1 Å². The second kappa shape index (κ2) is 6.09. The molecular formula is C13H20ClNO. The molecule has 1 atom stereocenters. The van der Waals surface area contributed by atoms with Gasteiger partial charge in [0.1, 0.15) is 0 Å².